The first-order chi connectivity index (χ1) is 14.2. The summed E-state index contributed by atoms with van der Waals surface area (Å²) >= 11 is 0. The van der Waals surface area contributed by atoms with Crippen molar-refractivity contribution in [2.75, 3.05) is 19.6 Å². The van der Waals surface area contributed by atoms with Crippen LogP contribution in [0.4, 0.5) is 8.78 Å². The molecule has 1 aliphatic heterocycles. The molecule has 3 heterocycles. The van der Waals surface area contributed by atoms with Gasteiger partial charge in [0.1, 0.15) is 11.6 Å². The third-order valence-electron chi connectivity index (χ3n) is 6.35. The van der Waals surface area contributed by atoms with Gasteiger partial charge in [-0.15, -0.1) is 0 Å². The Bertz CT molecular complexity index is 1130. The molecule has 0 bridgehead atoms. The number of aryl methyl sites for hydroxylation is 1. The van der Waals surface area contributed by atoms with E-state index in [0.717, 1.165) is 67.1 Å². The van der Waals surface area contributed by atoms with E-state index in [0.29, 0.717) is 5.92 Å². The maximum atomic E-state index is 13.7. The Morgan fingerprint density at radius 2 is 1.52 bits per heavy atom. The van der Waals surface area contributed by atoms with Gasteiger partial charge in [0, 0.05) is 34.2 Å². The first-order valence-corrected chi connectivity index (χ1v) is 10.4. The number of aromatic nitrogens is 2. The van der Waals surface area contributed by atoms with Gasteiger partial charge >= 0.3 is 0 Å². The molecule has 2 N–H and O–H groups in total. The van der Waals surface area contributed by atoms with Crippen LogP contribution in [0.25, 0.3) is 21.8 Å². The minimum absolute atomic E-state index is 0.173. The SMILES string of the molecule is Fc1ccc2[nH]cc(CCCN3CCC(c4c[nH]c5ccc(F)cc45)CC3)c2c1. The van der Waals surface area contributed by atoms with Gasteiger partial charge in [0.05, 0.1) is 0 Å². The normalized spacial score (nSPS) is 16.2. The number of benzene rings is 2. The molecule has 2 aromatic heterocycles. The lowest BCUT2D eigenvalue weighted by Crippen LogP contribution is -2.33. The number of hydrogen-bond acceptors (Lipinski definition) is 1. The molecular weight excluding hydrogens is 368 g/mol. The highest BCUT2D eigenvalue weighted by atomic mass is 19.1. The third kappa shape index (κ3) is 3.67. The number of rotatable bonds is 5. The standard InChI is InChI=1S/C24H25F2N3/c25-18-3-5-23-20(12-18)17(14-27-23)2-1-9-29-10-7-16(8-11-29)22-15-28-24-6-4-19(26)13-21(22)24/h3-6,12-16,27-28H,1-2,7-11H2. The van der Waals surface area contributed by atoms with Crippen LogP contribution in [0.1, 0.15) is 36.3 Å². The number of piperidine rings is 1. The van der Waals surface area contributed by atoms with E-state index in [1.54, 1.807) is 18.2 Å². The number of halogens is 2. The molecule has 4 aromatic rings. The lowest BCUT2D eigenvalue weighted by Gasteiger charge is -2.32. The Kier molecular flexibility index (Phi) is 4.84. The largest absolute Gasteiger partial charge is 0.361 e. The molecule has 0 amide bonds. The van der Waals surface area contributed by atoms with Crippen molar-refractivity contribution in [3.8, 4) is 0 Å². The van der Waals surface area contributed by atoms with E-state index in [2.05, 4.69) is 21.1 Å². The molecule has 5 heteroatoms. The number of hydrogen-bond donors (Lipinski definition) is 2. The molecule has 2 aromatic carbocycles. The topological polar surface area (TPSA) is 34.8 Å². The molecule has 0 atom stereocenters. The Labute approximate surface area is 168 Å². The zero-order valence-corrected chi connectivity index (χ0v) is 16.3. The first-order valence-electron chi connectivity index (χ1n) is 10.4. The first kappa shape index (κ1) is 18.4. The predicted octanol–water partition coefficient (Wildman–Crippen LogP) is 5.74. The van der Waals surface area contributed by atoms with E-state index >= 15 is 0 Å². The monoisotopic (exact) mass is 393 g/mol. The van der Waals surface area contributed by atoms with Crippen LogP contribution in [-0.4, -0.2) is 34.5 Å². The van der Waals surface area contributed by atoms with Crippen LogP contribution in [0.3, 0.4) is 0 Å². The summed E-state index contributed by atoms with van der Waals surface area (Å²) in [6, 6.07) is 9.89. The van der Waals surface area contributed by atoms with Gasteiger partial charge < -0.3 is 14.9 Å². The van der Waals surface area contributed by atoms with E-state index in [1.165, 1.54) is 23.3 Å². The summed E-state index contributed by atoms with van der Waals surface area (Å²) in [6.45, 7) is 3.18. The lowest BCUT2D eigenvalue weighted by molar-refractivity contribution is 0.211. The van der Waals surface area contributed by atoms with Crippen LogP contribution >= 0.6 is 0 Å². The van der Waals surface area contributed by atoms with Gasteiger partial charge in [-0.3, -0.25) is 0 Å². The van der Waals surface area contributed by atoms with Gasteiger partial charge in [-0.05, 0) is 98.8 Å². The van der Waals surface area contributed by atoms with Crippen LogP contribution in [0.15, 0.2) is 48.8 Å². The second-order valence-corrected chi connectivity index (χ2v) is 8.16. The number of likely N-dealkylation sites (tertiary alicyclic amines) is 1. The van der Waals surface area contributed by atoms with Gasteiger partial charge in [0.15, 0.2) is 0 Å². The molecule has 1 saturated heterocycles. The van der Waals surface area contributed by atoms with E-state index in [-0.39, 0.29) is 11.6 Å². The molecule has 5 rings (SSSR count). The quantitative estimate of drug-likeness (QED) is 0.446. The molecule has 3 nitrogen and oxygen atoms in total. The molecule has 150 valence electrons. The number of nitrogens with one attached hydrogen (secondary N) is 2. The van der Waals surface area contributed by atoms with Gasteiger partial charge in [0.25, 0.3) is 0 Å². The molecule has 1 aliphatic rings. The molecular formula is C24H25F2N3. The fourth-order valence-electron chi connectivity index (χ4n) is 4.77. The second-order valence-electron chi connectivity index (χ2n) is 8.16. The zero-order chi connectivity index (χ0) is 19.8. The fraction of sp³-hybridized carbons (Fsp3) is 0.333. The molecule has 0 radical (unpaired) electrons. The molecule has 0 unspecified atom stereocenters. The van der Waals surface area contributed by atoms with E-state index in [9.17, 15) is 8.78 Å². The minimum Gasteiger partial charge on any atom is -0.361 e. The van der Waals surface area contributed by atoms with Crippen LogP contribution < -0.4 is 0 Å². The van der Waals surface area contributed by atoms with Crippen LogP contribution in [0.2, 0.25) is 0 Å². The average Bonchev–Trinajstić information content (AvgIpc) is 3.32. The summed E-state index contributed by atoms with van der Waals surface area (Å²) in [7, 11) is 0. The van der Waals surface area contributed by atoms with E-state index in [4.69, 9.17) is 0 Å². The molecule has 1 fully saturated rings. The number of aromatic amines is 2. The van der Waals surface area contributed by atoms with Crippen molar-refractivity contribution in [2.45, 2.75) is 31.6 Å². The fourth-order valence-corrected chi connectivity index (χ4v) is 4.77. The van der Waals surface area contributed by atoms with Crippen molar-refractivity contribution in [1.29, 1.82) is 0 Å². The molecule has 0 saturated carbocycles. The van der Waals surface area contributed by atoms with Crippen LogP contribution in [0, 0.1) is 11.6 Å². The van der Waals surface area contributed by atoms with Crippen molar-refractivity contribution in [1.82, 2.24) is 14.9 Å². The van der Waals surface area contributed by atoms with Gasteiger partial charge in [0.2, 0.25) is 0 Å². The van der Waals surface area contributed by atoms with Gasteiger partial charge in [-0.1, -0.05) is 0 Å². The van der Waals surface area contributed by atoms with Gasteiger partial charge in [-0.25, -0.2) is 8.78 Å². The number of fused-ring (bicyclic) bond motifs is 2. The third-order valence-corrected chi connectivity index (χ3v) is 6.35. The smallest absolute Gasteiger partial charge is 0.123 e. The lowest BCUT2D eigenvalue weighted by atomic mass is 9.89. The summed E-state index contributed by atoms with van der Waals surface area (Å²) in [5.41, 5.74) is 4.45. The number of nitrogens with zero attached hydrogens (tertiary/aromatic N) is 1. The van der Waals surface area contributed by atoms with E-state index in [1.807, 2.05) is 12.3 Å². The molecule has 0 aliphatic carbocycles. The maximum Gasteiger partial charge on any atom is 0.123 e. The Morgan fingerprint density at radius 3 is 2.28 bits per heavy atom. The van der Waals surface area contributed by atoms with E-state index < -0.39 is 0 Å². The Balaban J connectivity index is 1.17. The summed E-state index contributed by atoms with van der Waals surface area (Å²) in [5, 5.41) is 2.02. The number of H-pyrrole nitrogens is 2. The van der Waals surface area contributed by atoms with Crippen LogP contribution in [0.5, 0.6) is 0 Å². The predicted molar refractivity (Wildman–Crippen MR) is 113 cm³/mol. The summed E-state index contributed by atoms with van der Waals surface area (Å²) in [4.78, 5) is 9.03. The van der Waals surface area contributed by atoms with Crippen molar-refractivity contribution in [2.24, 2.45) is 0 Å². The van der Waals surface area contributed by atoms with Crippen molar-refractivity contribution < 1.29 is 8.78 Å². The highest BCUT2D eigenvalue weighted by molar-refractivity contribution is 5.84. The highest BCUT2D eigenvalue weighted by Crippen LogP contribution is 2.33. The molecule has 29 heavy (non-hydrogen) atoms. The highest BCUT2D eigenvalue weighted by Gasteiger charge is 2.22. The van der Waals surface area contributed by atoms with Crippen LogP contribution in [-0.2, 0) is 6.42 Å². The van der Waals surface area contributed by atoms with Gasteiger partial charge in [-0.2, -0.15) is 0 Å². The Morgan fingerprint density at radius 1 is 0.862 bits per heavy atom. The Hall–Kier alpha value is -2.66. The zero-order valence-electron chi connectivity index (χ0n) is 16.3. The average molecular weight is 393 g/mol. The summed E-state index contributed by atoms with van der Waals surface area (Å²) in [6.07, 6.45) is 8.27. The summed E-state index contributed by atoms with van der Waals surface area (Å²) in [5.74, 6) is 0.129. The summed E-state index contributed by atoms with van der Waals surface area (Å²) < 4.78 is 27.2. The van der Waals surface area contributed by atoms with Crippen molar-refractivity contribution >= 4 is 21.8 Å². The molecule has 0 spiro atoms. The van der Waals surface area contributed by atoms with Crippen molar-refractivity contribution in [3.05, 3.63) is 71.6 Å². The maximum absolute atomic E-state index is 13.7. The van der Waals surface area contributed by atoms with Crippen molar-refractivity contribution in [3.63, 3.8) is 0 Å². The second kappa shape index (κ2) is 7.64. The minimum atomic E-state index is -0.183.